The SMILES string of the molecule is [C-]#[N+]c1cc(-c2cccc3c2oc2ccc(-c4ccccc4)cc23)cc(-n2c3ccc(C#N)cc3c3cc([N+]#[C-])ccc32)c1. The minimum Gasteiger partial charge on any atom is -0.455 e. The molecule has 5 heteroatoms. The molecule has 0 bridgehead atoms. The van der Waals surface area contributed by atoms with E-state index in [0.717, 1.165) is 71.7 Å². The Labute approximate surface area is 252 Å². The minimum absolute atomic E-state index is 0.499. The maximum Gasteiger partial charge on any atom is 0.189 e. The summed E-state index contributed by atoms with van der Waals surface area (Å²) in [5.74, 6) is 0. The largest absolute Gasteiger partial charge is 0.455 e. The van der Waals surface area contributed by atoms with Crippen LogP contribution in [0.3, 0.4) is 0 Å². The Kier molecular flexibility index (Phi) is 5.56. The Balaban J connectivity index is 1.37. The molecule has 0 atom stereocenters. The highest BCUT2D eigenvalue weighted by Gasteiger charge is 2.18. The van der Waals surface area contributed by atoms with Crippen molar-refractivity contribution in [3.05, 3.63) is 150 Å². The number of para-hydroxylation sites is 1. The molecule has 2 heterocycles. The van der Waals surface area contributed by atoms with Gasteiger partial charge in [-0.1, -0.05) is 60.7 Å². The monoisotopic (exact) mass is 560 g/mol. The second-order valence-electron chi connectivity index (χ2n) is 10.7. The van der Waals surface area contributed by atoms with Gasteiger partial charge in [-0.25, -0.2) is 9.69 Å². The van der Waals surface area contributed by atoms with Crippen molar-refractivity contribution in [3.63, 3.8) is 0 Å². The zero-order chi connectivity index (χ0) is 29.8. The summed E-state index contributed by atoms with van der Waals surface area (Å²) in [5, 5.41) is 13.4. The molecule has 44 heavy (non-hydrogen) atoms. The first-order valence-corrected chi connectivity index (χ1v) is 14.0. The fourth-order valence-electron chi connectivity index (χ4n) is 6.21. The van der Waals surface area contributed by atoms with Crippen LogP contribution >= 0.6 is 0 Å². The van der Waals surface area contributed by atoms with Gasteiger partial charge in [-0.05, 0) is 82.7 Å². The smallest absolute Gasteiger partial charge is 0.189 e. The van der Waals surface area contributed by atoms with Crippen LogP contribution in [0.5, 0.6) is 0 Å². The number of benzene rings is 6. The lowest BCUT2D eigenvalue weighted by Gasteiger charge is -2.12. The summed E-state index contributed by atoms with van der Waals surface area (Å²) in [6.45, 7) is 15.5. The van der Waals surface area contributed by atoms with E-state index in [1.807, 2.05) is 72.8 Å². The highest BCUT2D eigenvalue weighted by molar-refractivity contribution is 6.12. The van der Waals surface area contributed by atoms with Gasteiger partial charge in [0.2, 0.25) is 0 Å². The minimum atomic E-state index is 0.499. The number of hydrogen-bond donors (Lipinski definition) is 0. The van der Waals surface area contributed by atoms with E-state index in [0.29, 0.717) is 16.9 Å². The third kappa shape index (κ3) is 3.84. The van der Waals surface area contributed by atoms with E-state index in [9.17, 15) is 5.26 Å². The first-order chi connectivity index (χ1) is 21.6. The Morgan fingerprint density at radius 1 is 0.591 bits per heavy atom. The highest BCUT2D eigenvalue weighted by Crippen LogP contribution is 2.41. The second kappa shape index (κ2) is 9.74. The number of aromatic nitrogens is 1. The van der Waals surface area contributed by atoms with Crippen molar-refractivity contribution in [3.8, 4) is 34.0 Å². The van der Waals surface area contributed by atoms with E-state index in [-0.39, 0.29) is 0 Å². The topological polar surface area (TPSA) is 50.6 Å². The quantitative estimate of drug-likeness (QED) is 0.202. The molecule has 6 aromatic carbocycles. The standard InChI is InChI=1S/C39H20N4O/c1-41-28-13-15-37-34(22-28)33-17-24(23-40)11-14-36(33)43(37)30-19-27(18-29(21-30)42-2)31-9-6-10-32-35-20-26(25-7-4-3-5-8-25)12-16-38(35)44-39(31)32/h3-22H. The molecular weight excluding hydrogens is 540 g/mol. The maximum absolute atomic E-state index is 9.59. The third-order valence-corrected chi connectivity index (χ3v) is 8.21. The molecule has 0 N–H and O–H groups in total. The number of nitrogens with zero attached hydrogens (tertiary/aromatic N) is 4. The lowest BCUT2D eigenvalue weighted by Crippen LogP contribution is -1.94. The zero-order valence-corrected chi connectivity index (χ0v) is 23.2. The summed E-state index contributed by atoms with van der Waals surface area (Å²) in [7, 11) is 0. The molecule has 0 aliphatic heterocycles. The molecule has 0 aliphatic carbocycles. The van der Waals surface area contributed by atoms with Gasteiger partial charge < -0.3 is 8.98 Å². The molecule has 0 unspecified atom stereocenters. The Hall–Kier alpha value is -6.61. The van der Waals surface area contributed by atoms with Gasteiger partial charge in [-0.15, -0.1) is 0 Å². The molecule has 0 saturated heterocycles. The number of furan rings is 1. The normalized spacial score (nSPS) is 11.1. The van der Waals surface area contributed by atoms with Crippen LogP contribution in [-0.2, 0) is 0 Å². The average Bonchev–Trinajstić information content (AvgIpc) is 3.62. The van der Waals surface area contributed by atoms with Crippen LogP contribution in [-0.4, -0.2) is 4.57 Å². The summed E-state index contributed by atoms with van der Waals surface area (Å²) >= 11 is 0. The molecule has 0 aliphatic rings. The van der Waals surface area contributed by atoms with Gasteiger partial charge in [-0.3, -0.25) is 0 Å². The van der Waals surface area contributed by atoms with Crippen LogP contribution < -0.4 is 0 Å². The predicted molar refractivity (Wildman–Crippen MR) is 176 cm³/mol. The maximum atomic E-state index is 9.59. The summed E-state index contributed by atoms with van der Waals surface area (Å²) in [6.07, 6.45) is 0. The van der Waals surface area contributed by atoms with E-state index in [4.69, 9.17) is 17.6 Å². The van der Waals surface area contributed by atoms with Crippen molar-refractivity contribution < 1.29 is 4.42 Å². The van der Waals surface area contributed by atoms with Gasteiger partial charge in [-0.2, -0.15) is 5.26 Å². The van der Waals surface area contributed by atoms with Crippen LogP contribution in [0.2, 0.25) is 0 Å². The van der Waals surface area contributed by atoms with Crippen molar-refractivity contribution in [1.29, 1.82) is 5.26 Å². The lowest BCUT2D eigenvalue weighted by molar-refractivity contribution is 0.670. The van der Waals surface area contributed by atoms with Crippen molar-refractivity contribution in [1.82, 2.24) is 4.57 Å². The van der Waals surface area contributed by atoms with E-state index in [2.05, 4.69) is 56.7 Å². The fourth-order valence-corrected chi connectivity index (χ4v) is 6.21. The fraction of sp³-hybridized carbons (Fsp3) is 0. The third-order valence-electron chi connectivity index (χ3n) is 8.21. The van der Waals surface area contributed by atoms with E-state index >= 15 is 0 Å². The molecule has 0 spiro atoms. The van der Waals surface area contributed by atoms with Crippen molar-refractivity contribution in [2.75, 3.05) is 0 Å². The average molecular weight is 561 g/mol. The van der Waals surface area contributed by atoms with Gasteiger partial charge in [0.15, 0.2) is 11.4 Å². The first kappa shape index (κ1) is 25.1. The lowest BCUT2D eigenvalue weighted by atomic mass is 9.99. The van der Waals surface area contributed by atoms with Crippen molar-refractivity contribution in [2.24, 2.45) is 0 Å². The van der Waals surface area contributed by atoms with Crippen LogP contribution in [0.25, 0.3) is 81.4 Å². The summed E-state index contributed by atoms with van der Waals surface area (Å²) in [6, 6.07) is 42.0. The predicted octanol–water partition coefficient (Wildman–Crippen LogP) is 11.0. The van der Waals surface area contributed by atoms with Gasteiger partial charge in [0.05, 0.1) is 35.8 Å². The molecule has 0 fully saturated rings. The first-order valence-electron chi connectivity index (χ1n) is 14.0. The Bertz CT molecular complexity index is 2510. The molecule has 8 aromatic rings. The molecule has 0 amide bonds. The zero-order valence-electron chi connectivity index (χ0n) is 23.2. The number of hydrogen-bond acceptors (Lipinski definition) is 2. The van der Waals surface area contributed by atoms with Crippen molar-refractivity contribution in [2.45, 2.75) is 0 Å². The van der Waals surface area contributed by atoms with E-state index in [1.54, 1.807) is 12.1 Å². The summed E-state index contributed by atoms with van der Waals surface area (Å²) < 4.78 is 8.58. The van der Waals surface area contributed by atoms with Gasteiger partial charge in [0.25, 0.3) is 0 Å². The second-order valence-corrected chi connectivity index (χ2v) is 10.7. The van der Waals surface area contributed by atoms with Crippen LogP contribution in [0, 0.1) is 24.5 Å². The van der Waals surface area contributed by atoms with E-state index < -0.39 is 0 Å². The molecule has 0 saturated carbocycles. The van der Waals surface area contributed by atoms with Crippen molar-refractivity contribution >= 4 is 55.1 Å². The Morgan fingerprint density at radius 2 is 1.39 bits per heavy atom. The van der Waals surface area contributed by atoms with Gasteiger partial charge >= 0.3 is 0 Å². The number of nitriles is 1. The molecule has 8 rings (SSSR count). The molecule has 5 nitrogen and oxygen atoms in total. The summed E-state index contributed by atoms with van der Waals surface area (Å²) in [4.78, 5) is 7.46. The summed E-state index contributed by atoms with van der Waals surface area (Å²) in [5.41, 5.74) is 9.78. The molecule has 0 radical (unpaired) electrons. The van der Waals surface area contributed by atoms with Crippen LogP contribution in [0.4, 0.5) is 11.4 Å². The van der Waals surface area contributed by atoms with Crippen LogP contribution in [0.1, 0.15) is 5.56 Å². The van der Waals surface area contributed by atoms with E-state index in [1.165, 1.54) is 0 Å². The number of rotatable bonds is 3. The molecular formula is C39H20N4O. The van der Waals surface area contributed by atoms with Crippen LogP contribution in [0.15, 0.2) is 126 Å². The molecule has 202 valence electrons. The Morgan fingerprint density at radius 3 is 2.18 bits per heavy atom. The highest BCUT2D eigenvalue weighted by atomic mass is 16.3. The van der Waals surface area contributed by atoms with Gasteiger partial charge in [0, 0.05) is 27.4 Å². The molecule has 2 aromatic heterocycles. The number of fused-ring (bicyclic) bond motifs is 6. The van der Waals surface area contributed by atoms with Gasteiger partial charge in [0.1, 0.15) is 11.2 Å².